The lowest BCUT2D eigenvalue weighted by Gasteiger charge is -2.44. The van der Waals surface area contributed by atoms with Crippen molar-refractivity contribution in [3.63, 3.8) is 0 Å². The summed E-state index contributed by atoms with van der Waals surface area (Å²) in [7, 11) is 0. The zero-order valence-corrected chi connectivity index (χ0v) is 16.2. The standard InChI is InChI=1S/C21H29N3O3/c1-16(25)22-19-14-21(24(15-19)17(2)26)10-12-23(13-11-21)20(27)9-8-18-6-4-3-5-7-18/h3-7,19H,8-15H2,1-2H3,(H,22,25)/t19-/m0/s1. The second-order valence-corrected chi connectivity index (χ2v) is 7.82. The molecule has 0 unspecified atom stereocenters. The van der Waals surface area contributed by atoms with Gasteiger partial charge in [-0.2, -0.15) is 0 Å². The Morgan fingerprint density at radius 3 is 2.37 bits per heavy atom. The molecule has 1 aromatic rings. The molecule has 0 aromatic heterocycles. The number of nitrogens with zero attached hydrogens (tertiary/aromatic N) is 2. The Morgan fingerprint density at radius 1 is 1.11 bits per heavy atom. The van der Waals surface area contributed by atoms with Gasteiger partial charge in [0.1, 0.15) is 0 Å². The molecule has 2 aliphatic rings. The largest absolute Gasteiger partial charge is 0.352 e. The van der Waals surface area contributed by atoms with Crippen LogP contribution < -0.4 is 5.32 Å². The van der Waals surface area contributed by atoms with Crippen LogP contribution in [0.5, 0.6) is 0 Å². The van der Waals surface area contributed by atoms with Crippen LogP contribution in [0.2, 0.25) is 0 Å². The van der Waals surface area contributed by atoms with Crippen molar-refractivity contribution in [2.45, 2.75) is 57.5 Å². The highest BCUT2D eigenvalue weighted by Gasteiger charge is 2.48. The average molecular weight is 371 g/mol. The van der Waals surface area contributed by atoms with Crippen molar-refractivity contribution < 1.29 is 14.4 Å². The van der Waals surface area contributed by atoms with E-state index in [0.717, 1.165) is 25.7 Å². The summed E-state index contributed by atoms with van der Waals surface area (Å²) in [4.78, 5) is 40.0. The summed E-state index contributed by atoms with van der Waals surface area (Å²) in [5.41, 5.74) is 0.950. The fourth-order valence-corrected chi connectivity index (χ4v) is 4.59. The van der Waals surface area contributed by atoms with Gasteiger partial charge in [0.2, 0.25) is 17.7 Å². The minimum atomic E-state index is -0.227. The van der Waals surface area contributed by atoms with Crippen LogP contribution in [0.25, 0.3) is 0 Å². The second-order valence-electron chi connectivity index (χ2n) is 7.82. The van der Waals surface area contributed by atoms with Crippen molar-refractivity contribution in [2.24, 2.45) is 0 Å². The summed E-state index contributed by atoms with van der Waals surface area (Å²) < 4.78 is 0. The van der Waals surface area contributed by atoms with Gasteiger partial charge in [0.05, 0.1) is 0 Å². The summed E-state index contributed by atoms with van der Waals surface area (Å²) in [5, 5.41) is 2.96. The Kier molecular flexibility index (Phi) is 5.82. The second kappa shape index (κ2) is 8.11. The third-order valence-corrected chi connectivity index (χ3v) is 5.91. The maximum Gasteiger partial charge on any atom is 0.222 e. The van der Waals surface area contributed by atoms with E-state index in [-0.39, 0.29) is 29.3 Å². The van der Waals surface area contributed by atoms with Gasteiger partial charge >= 0.3 is 0 Å². The first kappa shape index (κ1) is 19.4. The number of nitrogens with one attached hydrogen (secondary N) is 1. The van der Waals surface area contributed by atoms with E-state index < -0.39 is 0 Å². The van der Waals surface area contributed by atoms with Crippen molar-refractivity contribution in [1.82, 2.24) is 15.1 Å². The average Bonchev–Trinajstić information content (AvgIpc) is 2.98. The molecule has 6 heteroatoms. The van der Waals surface area contributed by atoms with Crippen LogP contribution in [0, 0.1) is 0 Å². The van der Waals surface area contributed by atoms with Gasteiger partial charge in [-0.15, -0.1) is 0 Å². The fraction of sp³-hybridized carbons (Fsp3) is 0.571. The van der Waals surface area contributed by atoms with E-state index in [9.17, 15) is 14.4 Å². The van der Waals surface area contributed by atoms with Gasteiger partial charge < -0.3 is 15.1 Å². The topological polar surface area (TPSA) is 69.7 Å². The number of rotatable bonds is 4. The number of hydrogen-bond acceptors (Lipinski definition) is 3. The quantitative estimate of drug-likeness (QED) is 0.876. The number of benzene rings is 1. The van der Waals surface area contributed by atoms with Crippen LogP contribution >= 0.6 is 0 Å². The lowest BCUT2D eigenvalue weighted by Crippen LogP contribution is -2.54. The van der Waals surface area contributed by atoms with Crippen LogP contribution in [0.4, 0.5) is 0 Å². The molecule has 0 radical (unpaired) electrons. The number of piperidine rings is 1. The van der Waals surface area contributed by atoms with Gasteiger partial charge in [-0.3, -0.25) is 14.4 Å². The molecule has 1 atom stereocenters. The SMILES string of the molecule is CC(=O)N[C@@H]1CN(C(C)=O)C2(CCN(C(=O)CCc3ccccc3)CC2)C1. The molecule has 0 bridgehead atoms. The van der Waals surface area contributed by atoms with Gasteiger partial charge in [0.15, 0.2) is 0 Å². The first-order chi connectivity index (χ1) is 12.9. The molecule has 2 saturated heterocycles. The summed E-state index contributed by atoms with van der Waals surface area (Å²) in [5.74, 6) is 0.167. The number of likely N-dealkylation sites (tertiary alicyclic amines) is 2. The van der Waals surface area contributed by atoms with E-state index in [2.05, 4.69) is 5.32 Å². The number of aryl methyl sites for hydroxylation is 1. The van der Waals surface area contributed by atoms with E-state index in [4.69, 9.17) is 0 Å². The van der Waals surface area contributed by atoms with E-state index in [1.165, 1.54) is 12.5 Å². The number of carbonyl (C=O) groups excluding carboxylic acids is 3. The predicted octanol–water partition coefficient (Wildman–Crippen LogP) is 1.74. The Bertz CT molecular complexity index is 696. The highest BCUT2D eigenvalue weighted by molar-refractivity contribution is 5.78. The van der Waals surface area contributed by atoms with E-state index in [0.29, 0.717) is 26.1 Å². The van der Waals surface area contributed by atoms with Gasteiger partial charge in [-0.1, -0.05) is 30.3 Å². The smallest absolute Gasteiger partial charge is 0.222 e. The van der Waals surface area contributed by atoms with E-state index in [1.807, 2.05) is 40.1 Å². The molecule has 2 fully saturated rings. The summed E-state index contributed by atoms with van der Waals surface area (Å²) >= 11 is 0. The van der Waals surface area contributed by atoms with Gasteiger partial charge in [-0.25, -0.2) is 0 Å². The zero-order chi connectivity index (χ0) is 19.4. The molecule has 1 spiro atoms. The Balaban J connectivity index is 1.57. The van der Waals surface area contributed by atoms with Gasteiger partial charge in [0, 0.05) is 51.5 Å². The van der Waals surface area contributed by atoms with Crippen LogP contribution in [0.3, 0.4) is 0 Å². The fourth-order valence-electron chi connectivity index (χ4n) is 4.59. The van der Waals surface area contributed by atoms with Gasteiger partial charge in [-0.05, 0) is 31.2 Å². The normalized spacial score (nSPS) is 21.3. The predicted molar refractivity (Wildman–Crippen MR) is 103 cm³/mol. The number of carbonyl (C=O) groups is 3. The molecule has 1 aromatic carbocycles. The van der Waals surface area contributed by atoms with Crippen LogP contribution in [-0.4, -0.2) is 58.7 Å². The lowest BCUT2D eigenvalue weighted by atomic mass is 9.84. The summed E-state index contributed by atoms with van der Waals surface area (Å²) in [6.45, 7) is 5.01. The molecule has 146 valence electrons. The molecule has 6 nitrogen and oxygen atoms in total. The van der Waals surface area contributed by atoms with Crippen molar-refractivity contribution >= 4 is 17.7 Å². The first-order valence-electron chi connectivity index (χ1n) is 9.77. The Morgan fingerprint density at radius 2 is 1.78 bits per heavy atom. The minimum Gasteiger partial charge on any atom is -0.352 e. The summed E-state index contributed by atoms with van der Waals surface area (Å²) in [6.07, 6.45) is 3.60. The highest BCUT2D eigenvalue weighted by Crippen LogP contribution is 2.38. The Labute approximate surface area is 160 Å². The zero-order valence-electron chi connectivity index (χ0n) is 16.2. The molecule has 3 rings (SSSR count). The molecule has 2 aliphatic heterocycles. The maximum atomic E-state index is 12.6. The third-order valence-electron chi connectivity index (χ3n) is 5.91. The minimum absolute atomic E-state index is 0.00623. The first-order valence-corrected chi connectivity index (χ1v) is 9.77. The maximum absolute atomic E-state index is 12.6. The van der Waals surface area contributed by atoms with Crippen LogP contribution in [0.15, 0.2) is 30.3 Å². The third kappa shape index (κ3) is 4.49. The van der Waals surface area contributed by atoms with Crippen molar-refractivity contribution in [1.29, 1.82) is 0 Å². The van der Waals surface area contributed by atoms with Crippen molar-refractivity contribution in [3.8, 4) is 0 Å². The summed E-state index contributed by atoms with van der Waals surface area (Å²) in [6, 6.07) is 10.1. The molecule has 0 aliphatic carbocycles. The van der Waals surface area contributed by atoms with Crippen molar-refractivity contribution in [2.75, 3.05) is 19.6 Å². The van der Waals surface area contributed by atoms with Crippen molar-refractivity contribution in [3.05, 3.63) is 35.9 Å². The monoisotopic (exact) mass is 371 g/mol. The number of hydrogen-bond donors (Lipinski definition) is 1. The van der Waals surface area contributed by atoms with Gasteiger partial charge in [0.25, 0.3) is 0 Å². The molecular formula is C21H29N3O3. The molecule has 27 heavy (non-hydrogen) atoms. The molecule has 1 N–H and O–H groups in total. The Hall–Kier alpha value is -2.37. The molecule has 0 saturated carbocycles. The number of amides is 3. The molecular weight excluding hydrogens is 342 g/mol. The highest BCUT2D eigenvalue weighted by atomic mass is 16.2. The van der Waals surface area contributed by atoms with E-state index in [1.54, 1.807) is 6.92 Å². The lowest BCUT2D eigenvalue weighted by molar-refractivity contribution is -0.138. The van der Waals surface area contributed by atoms with Crippen LogP contribution in [0.1, 0.15) is 45.1 Å². The molecule has 3 amide bonds. The van der Waals surface area contributed by atoms with Crippen LogP contribution in [-0.2, 0) is 20.8 Å². The van der Waals surface area contributed by atoms with E-state index >= 15 is 0 Å². The molecule has 2 heterocycles.